The average molecular weight is 258 g/mol. The van der Waals surface area contributed by atoms with Gasteiger partial charge in [-0.3, -0.25) is 0 Å². The van der Waals surface area contributed by atoms with Crippen molar-refractivity contribution in [3.05, 3.63) is 24.5 Å². The molecule has 1 aliphatic heterocycles. The molecule has 19 heavy (non-hydrogen) atoms. The molecule has 2 N–H and O–H groups in total. The van der Waals surface area contributed by atoms with Crippen molar-refractivity contribution in [2.45, 2.75) is 25.8 Å². The normalized spacial score (nSPS) is 18.2. The van der Waals surface area contributed by atoms with Crippen LogP contribution >= 0.6 is 0 Å². The van der Waals surface area contributed by atoms with Crippen LogP contribution in [0.1, 0.15) is 19.3 Å². The lowest BCUT2D eigenvalue weighted by Gasteiger charge is -2.28. The van der Waals surface area contributed by atoms with Crippen LogP contribution in [0.25, 0.3) is 11.0 Å². The second-order valence-electron chi connectivity index (χ2n) is 5.72. The van der Waals surface area contributed by atoms with Crippen LogP contribution in [0, 0.1) is 5.92 Å². The molecule has 0 spiro atoms. The van der Waals surface area contributed by atoms with Crippen LogP contribution in [0.5, 0.6) is 0 Å². The van der Waals surface area contributed by atoms with Crippen LogP contribution in [-0.2, 0) is 6.54 Å². The molecule has 0 saturated carbocycles. The minimum absolute atomic E-state index is 0.785. The zero-order valence-electron chi connectivity index (χ0n) is 11.5. The second kappa shape index (κ2) is 5.21. The molecule has 4 heteroatoms. The van der Waals surface area contributed by atoms with Crippen molar-refractivity contribution in [2.24, 2.45) is 5.92 Å². The quantitative estimate of drug-likeness (QED) is 0.860. The molecular formula is C15H22N4. The van der Waals surface area contributed by atoms with E-state index in [-0.39, 0.29) is 0 Å². The van der Waals surface area contributed by atoms with Gasteiger partial charge in [0.2, 0.25) is 0 Å². The zero-order chi connectivity index (χ0) is 13.2. The number of imidazole rings is 1. The fraction of sp³-hybridized carbons (Fsp3) is 0.533. The van der Waals surface area contributed by atoms with Gasteiger partial charge in [0, 0.05) is 12.2 Å². The van der Waals surface area contributed by atoms with E-state index in [4.69, 9.17) is 5.73 Å². The third kappa shape index (κ3) is 2.73. The number of benzene rings is 1. The van der Waals surface area contributed by atoms with Gasteiger partial charge in [0.1, 0.15) is 0 Å². The van der Waals surface area contributed by atoms with Crippen LogP contribution < -0.4 is 5.73 Å². The first-order valence-corrected chi connectivity index (χ1v) is 7.11. The van der Waals surface area contributed by atoms with Gasteiger partial charge in [-0.05, 0) is 63.5 Å². The SMILES string of the molecule is CN1CCC(CCn2cnc3cc(N)ccc32)CC1. The number of hydrogen-bond acceptors (Lipinski definition) is 3. The largest absolute Gasteiger partial charge is 0.399 e. The molecule has 1 saturated heterocycles. The summed E-state index contributed by atoms with van der Waals surface area (Å²) in [5.74, 6) is 0.863. The Morgan fingerprint density at radius 3 is 2.89 bits per heavy atom. The molecule has 102 valence electrons. The first kappa shape index (κ1) is 12.5. The van der Waals surface area contributed by atoms with Gasteiger partial charge in [0.25, 0.3) is 0 Å². The molecule has 0 atom stereocenters. The lowest BCUT2D eigenvalue weighted by molar-refractivity contribution is 0.208. The van der Waals surface area contributed by atoms with Gasteiger partial charge in [-0.2, -0.15) is 0 Å². The maximum Gasteiger partial charge on any atom is 0.0958 e. The molecule has 2 heterocycles. The molecule has 4 nitrogen and oxygen atoms in total. The molecule has 1 aliphatic rings. The summed E-state index contributed by atoms with van der Waals surface area (Å²) >= 11 is 0. The topological polar surface area (TPSA) is 47.1 Å². The molecule has 1 fully saturated rings. The molecule has 0 unspecified atom stereocenters. The number of aromatic nitrogens is 2. The highest BCUT2D eigenvalue weighted by Crippen LogP contribution is 2.22. The molecule has 0 bridgehead atoms. The van der Waals surface area contributed by atoms with Crippen LogP contribution in [0.2, 0.25) is 0 Å². The maximum absolute atomic E-state index is 5.78. The summed E-state index contributed by atoms with van der Waals surface area (Å²) in [7, 11) is 2.21. The summed E-state index contributed by atoms with van der Waals surface area (Å²) in [5.41, 5.74) is 8.77. The molecule has 1 aromatic carbocycles. The van der Waals surface area contributed by atoms with Crippen molar-refractivity contribution in [2.75, 3.05) is 25.9 Å². The average Bonchev–Trinajstić information content (AvgIpc) is 2.80. The van der Waals surface area contributed by atoms with Crippen molar-refractivity contribution in [1.29, 1.82) is 0 Å². The second-order valence-corrected chi connectivity index (χ2v) is 5.72. The Labute approximate surface area is 114 Å². The van der Waals surface area contributed by atoms with Crippen molar-refractivity contribution in [3.8, 4) is 0 Å². The predicted octanol–water partition coefficient (Wildman–Crippen LogP) is 2.35. The number of anilines is 1. The molecule has 0 aliphatic carbocycles. The summed E-state index contributed by atoms with van der Waals surface area (Å²) in [6.07, 6.45) is 5.86. The van der Waals surface area contributed by atoms with Gasteiger partial charge in [-0.15, -0.1) is 0 Å². The van der Waals surface area contributed by atoms with Gasteiger partial charge in [0.15, 0.2) is 0 Å². The lowest BCUT2D eigenvalue weighted by Crippen LogP contribution is -2.30. The Bertz CT molecular complexity index is 552. The summed E-state index contributed by atoms with van der Waals surface area (Å²) in [5, 5.41) is 0. The smallest absolute Gasteiger partial charge is 0.0958 e. The Balaban J connectivity index is 1.65. The number of hydrogen-bond donors (Lipinski definition) is 1. The number of aryl methyl sites for hydroxylation is 1. The summed E-state index contributed by atoms with van der Waals surface area (Å²) in [4.78, 5) is 6.85. The molecule has 3 rings (SSSR count). The molecular weight excluding hydrogens is 236 g/mol. The van der Waals surface area contributed by atoms with E-state index in [1.54, 1.807) is 0 Å². The highest BCUT2D eigenvalue weighted by atomic mass is 15.1. The van der Waals surface area contributed by atoms with E-state index in [2.05, 4.69) is 27.6 Å². The monoisotopic (exact) mass is 258 g/mol. The number of rotatable bonds is 3. The van der Waals surface area contributed by atoms with Crippen LogP contribution in [-0.4, -0.2) is 34.6 Å². The van der Waals surface area contributed by atoms with Crippen LogP contribution in [0.4, 0.5) is 5.69 Å². The summed E-state index contributed by atoms with van der Waals surface area (Å²) in [6.45, 7) is 3.55. The first-order valence-electron chi connectivity index (χ1n) is 7.11. The van der Waals surface area contributed by atoms with Crippen LogP contribution in [0.15, 0.2) is 24.5 Å². The van der Waals surface area contributed by atoms with Gasteiger partial charge in [0.05, 0.1) is 17.4 Å². The van der Waals surface area contributed by atoms with Crippen LogP contribution in [0.3, 0.4) is 0 Å². The van der Waals surface area contributed by atoms with E-state index in [9.17, 15) is 0 Å². The fourth-order valence-electron chi connectivity index (χ4n) is 2.93. The Kier molecular flexibility index (Phi) is 3.42. The minimum Gasteiger partial charge on any atom is -0.399 e. The highest BCUT2D eigenvalue weighted by Gasteiger charge is 2.16. The van der Waals surface area contributed by atoms with E-state index in [0.29, 0.717) is 0 Å². The highest BCUT2D eigenvalue weighted by molar-refractivity contribution is 5.78. The van der Waals surface area contributed by atoms with Crippen molar-refractivity contribution in [1.82, 2.24) is 14.5 Å². The summed E-state index contributed by atoms with van der Waals surface area (Å²) < 4.78 is 2.26. The van der Waals surface area contributed by atoms with Gasteiger partial charge < -0.3 is 15.2 Å². The van der Waals surface area contributed by atoms with Gasteiger partial charge in [-0.25, -0.2) is 4.98 Å². The molecule has 1 aromatic heterocycles. The fourth-order valence-corrected chi connectivity index (χ4v) is 2.93. The number of fused-ring (bicyclic) bond motifs is 1. The molecule has 2 aromatic rings. The van der Waals surface area contributed by atoms with E-state index < -0.39 is 0 Å². The Morgan fingerprint density at radius 2 is 2.11 bits per heavy atom. The van der Waals surface area contributed by atoms with Crippen molar-refractivity contribution < 1.29 is 0 Å². The third-order valence-corrected chi connectivity index (χ3v) is 4.26. The predicted molar refractivity (Wildman–Crippen MR) is 79.0 cm³/mol. The standard InChI is InChI=1S/C15H22N4/c1-18-7-4-12(5-8-18)6-9-19-11-17-14-10-13(16)2-3-15(14)19/h2-3,10-12H,4-9,16H2,1H3. The van der Waals surface area contributed by atoms with Gasteiger partial charge in [-0.1, -0.05) is 0 Å². The molecule has 0 amide bonds. The maximum atomic E-state index is 5.78. The van der Waals surface area contributed by atoms with E-state index in [1.807, 2.05) is 18.5 Å². The Morgan fingerprint density at radius 1 is 1.32 bits per heavy atom. The van der Waals surface area contributed by atoms with E-state index >= 15 is 0 Å². The van der Waals surface area contributed by atoms with Crippen molar-refractivity contribution >= 4 is 16.7 Å². The third-order valence-electron chi connectivity index (χ3n) is 4.26. The summed E-state index contributed by atoms with van der Waals surface area (Å²) in [6, 6.07) is 5.98. The van der Waals surface area contributed by atoms with Gasteiger partial charge >= 0.3 is 0 Å². The lowest BCUT2D eigenvalue weighted by atomic mass is 9.94. The number of likely N-dealkylation sites (tertiary alicyclic amines) is 1. The number of nitrogen functional groups attached to an aromatic ring is 1. The van der Waals surface area contributed by atoms with E-state index in [0.717, 1.165) is 23.7 Å². The zero-order valence-corrected chi connectivity index (χ0v) is 11.5. The Hall–Kier alpha value is -1.55. The van der Waals surface area contributed by atoms with Crippen molar-refractivity contribution in [3.63, 3.8) is 0 Å². The first-order chi connectivity index (χ1) is 9.22. The number of piperidine rings is 1. The number of nitrogens with two attached hydrogens (primary N) is 1. The van der Waals surface area contributed by atoms with E-state index in [1.165, 1.54) is 37.9 Å². The molecule has 0 radical (unpaired) electrons. The minimum atomic E-state index is 0.785. The number of nitrogens with zero attached hydrogens (tertiary/aromatic N) is 3.